The van der Waals surface area contributed by atoms with Crippen molar-refractivity contribution in [3.8, 4) is 0 Å². The molecule has 0 amide bonds. The normalized spacial score (nSPS) is 27.2. The predicted octanol–water partition coefficient (Wildman–Crippen LogP) is 3.25. The van der Waals surface area contributed by atoms with Gasteiger partial charge in [0.2, 0.25) is 0 Å². The molecular weight excluding hydrogens is 310 g/mol. The van der Waals surface area contributed by atoms with Gasteiger partial charge in [-0.3, -0.25) is 4.99 Å². The van der Waals surface area contributed by atoms with Crippen molar-refractivity contribution < 1.29 is 0 Å². The number of hydrogen-bond acceptors (Lipinski definition) is 2. The fourth-order valence-electron chi connectivity index (χ4n) is 4.84. The third kappa shape index (κ3) is 5.87. The lowest BCUT2D eigenvalue weighted by atomic mass is 9.94. The van der Waals surface area contributed by atoms with Crippen LogP contribution in [0.2, 0.25) is 0 Å². The van der Waals surface area contributed by atoms with Crippen LogP contribution in [0.15, 0.2) is 4.99 Å². The molecule has 0 heterocycles. The first kappa shape index (κ1) is 18.4. The largest absolute Gasteiger partial charge is 0.370 e. The molecule has 4 heteroatoms. The Labute approximate surface area is 152 Å². The van der Waals surface area contributed by atoms with Crippen molar-refractivity contribution in [3.63, 3.8) is 0 Å². The van der Waals surface area contributed by atoms with Gasteiger partial charge in [0.1, 0.15) is 5.84 Å². The zero-order chi connectivity index (χ0) is 16.6. The summed E-state index contributed by atoms with van der Waals surface area (Å²) in [6, 6.07) is 2.02. The van der Waals surface area contributed by atoms with E-state index in [0.29, 0.717) is 17.7 Å². The molecule has 0 bridgehead atoms. The number of hydrogen-bond donors (Lipinski definition) is 2. The van der Waals surface area contributed by atoms with Crippen LogP contribution in [0.5, 0.6) is 0 Å². The third-order valence-corrected chi connectivity index (χ3v) is 7.23. The quantitative estimate of drug-likeness (QED) is 0.454. The van der Waals surface area contributed by atoms with Crippen LogP contribution in [0.4, 0.5) is 0 Å². The Morgan fingerprint density at radius 1 is 0.708 bits per heavy atom. The molecule has 3 aliphatic carbocycles. The summed E-state index contributed by atoms with van der Waals surface area (Å²) in [5.41, 5.74) is 0.525. The summed E-state index contributed by atoms with van der Waals surface area (Å²) in [5.74, 6) is 1.34. The van der Waals surface area contributed by atoms with Crippen LogP contribution in [-0.2, 0) is 0 Å². The second-order valence-corrected chi connectivity index (χ2v) is 9.66. The molecule has 138 valence electrons. The molecular formula is C20H39N3Si. The highest BCUT2D eigenvalue weighted by Gasteiger charge is 2.23. The summed E-state index contributed by atoms with van der Waals surface area (Å²) in [6.45, 7) is 0. The van der Waals surface area contributed by atoms with E-state index in [1.807, 2.05) is 0 Å². The van der Waals surface area contributed by atoms with E-state index in [1.54, 1.807) is 0 Å². The van der Waals surface area contributed by atoms with Gasteiger partial charge >= 0.3 is 0 Å². The SMILES string of the molecule is [SiH3]C(NC1CCCCC1)C(=NC1CCCCC1)NC1CCCCC1. The molecule has 3 fully saturated rings. The summed E-state index contributed by atoms with van der Waals surface area (Å²) in [5, 5.41) is 7.88. The first-order valence-corrected chi connectivity index (χ1v) is 12.1. The number of rotatable bonds is 5. The average molecular weight is 350 g/mol. The highest BCUT2D eigenvalue weighted by atomic mass is 28.1. The lowest BCUT2D eigenvalue weighted by Crippen LogP contribution is -2.52. The Morgan fingerprint density at radius 2 is 1.21 bits per heavy atom. The molecule has 1 atom stereocenters. The zero-order valence-corrected chi connectivity index (χ0v) is 17.9. The van der Waals surface area contributed by atoms with Gasteiger partial charge in [-0.05, 0) is 38.5 Å². The van der Waals surface area contributed by atoms with Gasteiger partial charge in [-0.25, -0.2) is 0 Å². The highest BCUT2D eigenvalue weighted by Crippen LogP contribution is 2.22. The molecule has 0 aromatic heterocycles. The Hall–Kier alpha value is -0.353. The second-order valence-electron chi connectivity index (χ2n) is 8.51. The van der Waals surface area contributed by atoms with Gasteiger partial charge < -0.3 is 10.6 Å². The van der Waals surface area contributed by atoms with Crippen molar-refractivity contribution in [2.45, 2.75) is 120 Å². The molecule has 0 spiro atoms. The van der Waals surface area contributed by atoms with Crippen molar-refractivity contribution in [1.82, 2.24) is 10.6 Å². The van der Waals surface area contributed by atoms with Gasteiger partial charge in [0.05, 0.1) is 6.04 Å². The van der Waals surface area contributed by atoms with Gasteiger partial charge in [0, 0.05) is 28.0 Å². The molecule has 2 N–H and O–H groups in total. The van der Waals surface area contributed by atoms with E-state index in [4.69, 9.17) is 4.99 Å². The van der Waals surface area contributed by atoms with Crippen LogP contribution in [0.25, 0.3) is 0 Å². The lowest BCUT2D eigenvalue weighted by Gasteiger charge is -2.32. The number of nitrogens with one attached hydrogen (secondary N) is 2. The standard InChI is InChI=1S/C20H39N3Si/c24-20(23-18-14-8-3-9-15-18)19(21-16-10-4-1-5-11-16)22-17-12-6-2-7-13-17/h16-18,20,23H,1-15H2,24H3,(H,21,22). The highest BCUT2D eigenvalue weighted by molar-refractivity contribution is 6.25. The summed E-state index contributed by atoms with van der Waals surface area (Å²) in [4.78, 5) is 5.27. The van der Waals surface area contributed by atoms with Crippen molar-refractivity contribution in [2.24, 2.45) is 4.99 Å². The summed E-state index contributed by atoms with van der Waals surface area (Å²) < 4.78 is 0. The maximum Gasteiger partial charge on any atom is 0.110 e. The van der Waals surface area contributed by atoms with Crippen LogP contribution in [0.3, 0.4) is 0 Å². The summed E-state index contributed by atoms with van der Waals surface area (Å²) in [6.07, 6.45) is 20.7. The smallest absolute Gasteiger partial charge is 0.110 e. The van der Waals surface area contributed by atoms with Crippen molar-refractivity contribution >= 4 is 16.1 Å². The Kier molecular flexibility index (Phi) is 7.65. The maximum absolute atomic E-state index is 5.27. The number of nitrogens with zero attached hydrogens (tertiary/aromatic N) is 1. The summed E-state index contributed by atoms with van der Waals surface area (Å²) >= 11 is 0. The average Bonchev–Trinajstić information content (AvgIpc) is 2.64. The zero-order valence-electron chi connectivity index (χ0n) is 15.9. The third-order valence-electron chi connectivity index (χ3n) is 6.35. The predicted molar refractivity (Wildman–Crippen MR) is 108 cm³/mol. The van der Waals surface area contributed by atoms with E-state index in [0.717, 1.165) is 16.3 Å². The van der Waals surface area contributed by atoms with Gasteiger partial charge in [0.15, 0.2) is 0 Å². The van der Waals surface area contributed by atoms with Crippen LogP contribution in [0, 0.1) is 0 Å². The van der Waals surface area contributed by atoms with Crippen molar-refractivity contribution in [2.75, 3.05) is 0 Å². The second kappa shape index (κ2) is 9.96. The fourth-order valence-corrected chi connectivity index (χ4v) is 5.63. The van der Waals surface area contributed by atoms with Crippen LogP contribution < -0.4 is 10.6 Å². The Balaban J connectivity index is 1.61. The van der Waals surface area contributed by atoms with Crippen LogP contribution in [-0.4, -0.2) is 39.9 Å². The van der Waals surface area contributed by atoms with E-state index >= 15 is 0 Å². The molecule has 0 aromatic carbocycles. The molecule has 3 aliphatic rings. The van der Waals surface area contributed by atoms with E-state index in [9.17, 15) is 0 Å². The fraction of sp³-hybridized carbons (Fsp3) is 0.950. The van der Waals surface area contributed by atoms with Crippen molar-refractivity contribution in [3.05, 3.63) is 0 Å². The van der Waals surface area contributed by atoms with Gasteiger partial charge in [-0.2, -0.15) is 0 Å². The minimum absolute atomic E-state index is 0.525. The maximum atomic E-state index is 5.27. The van der Waals surface area contributed by atoms with Gasteiger partial charge in [0.25, 0.3) is 0 Å². The Bertz CT molecular complexity index is 380. The minimum Gasteiger partial charge on any atom is -0.370 e. The molecule has 1 unspecified atom stereocenters. The van der Waals surface area contributed by atoms with Gasteiger partial charge in [-0.15, -0.1) is 0 Å². The topological polar surface area (TPSA) is 36.4 Å². The van der Waals surface area contributed by atoms with Crippen LogP contribution in [0.1, 0.15) is 96.3 Å². The molecule has 0 saturated heterocycles. The van der Waals surface area contributed by atoms with E-state index < -0.39 is 0 Å². The summed E-state index contributed by atoms with van der Waals surface area (Å²) in [7, 11) is 1.16. The molecule has 0 aliphatic heterocycles. The Morgan fingerprint density at radius 3 is 1.79 bits per heavy atom. The number of amidine groups is 1. The minimum atomic E-state index is 0.525. The van der Waals surface area contributed by atoms with Crippen molar-refractivity contribution in [1.29, 1.82) is 0 Å². The van der Waals surface area contributed by atoms with Crippen LogP contribution >= 0.6 is 0 Å². The molecule has 0 radical (unpaired) electrons. The monoisotopic (exact) mass is 349 g/mol. The first-order valence-electron chi connectivity index (χ1n) is 10.9. The molecule has 3 rings (SSSR count). The van der Waals surface area contributed by atoms with Gasteiger partial charge in [-0.1, -0.05) is 57.8 Å². The van der Waals surface area contributed by atoms with E-state index in [1.165, 1.54) is 102 Å². The van der Waals surface area contributed by atoms with E-state index in [-0.39, 0.29) is 0 Å². The molecule has 3 saturated carbocycles. The molecule has 24 heavy (non-hydrogen) atoms. The number of aliphatic imine (C=N–C) groups is 1. The van der Waals surface area contributed by atoms with E-state index in [2.05, 4.69) is 10.6 Å². The lowest BCUT2D eigenvalue weighted by molar-refractivity contribution is 0.372. The molecule has 0 aromatic rings. The molecule has 3 nitrogen and oxygen atoms in total. The first-order chi connectivity index (χ1) is 11.8.